The van der Waals surface area contributed by atoms with Crippen LogP contribution in [0.5, 0.6) is 0 Å². The highest BCUT2D eigenvalue weighted by Gasteiger charge is 2.22. The molecule has 3 rings (SSSR count). The standard InChI is InChI=1S/C23H24BrN/c1-4-5-13-19-20(16(2)3)15-18-12-9-14-21(24)23(18)25-22(19)17-10-7-6-8-11-17/h4-12,14,16H,13,15H2,1-3H3. The molecule has 0 aliphatic carbocycles. The first-order valence-corrected chi connectivity index (χ1v) is 9.66. The van der Waals surface area contributed by atoms with Gasteiger partial charge in [0, 0.05) is 10.0 Å². The number of halogens is 1. The largest absolute Gasteiger partial charge is 0.247 e. The van der Waals surface area contributed by atoms with Crippen LogP contribution in [-0.4, -0.2) is 5.71 Å². The number of fused-ring (bicyclic) bond motifs is 1. The van der Waals surface area contributed by atoms with Crippen molar-refractivity contribution < 1.29 is 0 Å². The van der Waals surface area contributed by atoms with E-state index in [4.69, 9.17) is 4.99 Å². The van der Waals surface area contributed by atoms with Crippen molar-refractivity contribution in [1.29, 1.82) is 0 Å². The number of para-hydroxylation sites is 1. The van der Waals surface area contributed by atoms with Gasteiger partial charge in [0.25, 0.3) is 0 Å². The lowest BCUT2D eigenvalue weighted by molar-refractivity contribution is 0.732. The Kier molecular flexibility index (Phi) is 5.70. The van der Waals surface area contributed by atoms with Crippen LogP contribution in [0.25, 0.3) is 0 Å². The van der Waals surface area contributed by atoms with E-state index < -0.39 is 0 Å². The summed E-state index contributed by atoms with van der Waals surface area (Å²) < 4.78 is 1.06. The van der Waals surface area contributed by atoms with Crippen LogP contribution >= 0.6 is 15.9 Å². The molecule has 0 radical (unpaired) electrons. The molecule has 25 heavy (non-hydrogen) atoms. The maximum atomic E-state index is 5.15. The van der Waals surface area contributed by atoms with Crippen molar-refractivity contribution in [2.75, 3.05) is 0 Å². The fourth-order valence-electron chi connectivity index (χ4n) is 3.32. The summed E-state index contributed by atoms with van der Waals surface area (Å²) in [7, 11) is 0. The van der Waals surface area contributed by atoms with Gasteiger partial charge in [-0.3, -0.25) is 0 Å². The van der Waals surface area contributed by atoms with Crippen LogP contribution in [0.4, 0.5) is 5.69 Å². The SMILES string of the molecule is CC=CCC1=C(C(C)C)Cc2cccc(Br)c2N=C1c1ccccc1. The van der Waals surface area contributed by atoms with Crippen molar-refractivity contribution in [1.82, 2.24) is 0 Å². The lowest BCUT2D eigenvalue weighted by atomic mass is 9.86. The van der Waals surface area contributed by atoms with E-state index >= 15 is 0 Å². The average Bonchev–Trinajstić information content (AvgIpc) is 2.78. The van der Waals surface area contributed by atoms with Gasteiger partial charge in [-0.1, -0.05) is 74.0 Å². The number of allylic oxidation sites excluding steroid dienone is 4. The van der Waals surface area contributed by atoms with Crippen LogP contribution in [-0.2, 0) is 6.42 Å². The van der Waals surface area contributed by atoms with Crippen molar-refractivity contribution >= 4 is 27.3 Å². The molecule has 2 heteroatoms. The Bertz CT molecular complexity index is 842. The summed E-state index contributed by atoms with van der Waals surface area (Å²) in [5, 5.41) is 0. The Morgan fingerprint density at radius 3 is 2.52 bits per heavy atom. The van der Waals surface area contributed by atoms with Crippen LogP contribution in [0.15, 0.2) is 81.3 Å². The Labute approximate surface area is 159 Å². The van der Waals surface area contributed by atoms with E-state index in [9.17, 15) is 0 Å². The number of nitrogens with zero attached hydrogens (tertiary/aromatic N) is 1. The van der Waals surface area contributed by atoms with E-state index in [0.29, 0.717) is 5.92 Å². The summed E-state index contributed by atoms with van der Waals surface area (Å²) in [6.07, 6.45) is 6.24. The number of hydrogen-bond donors (Lipinski definition) is 0. The lowest BCUT2D eigenvalue weighted by Crippen LogP contribution is -2.10. The molecule has 0 saturated carbocycles. The van der Waals surface area contributed by atoms with Gasteiger partial charge >= 0.3 is 0 Å². The maximum Gasteiger partial charge on any atom is 0.0814 e. The Morgan fingerprint density at radius 2 is 1.84 bits per heavy atom. The molecule has 1 nitrogen and oxygen atoms in total. The number of hydrogen-bond acceptors (Lipinski definition) is 1. The van der Waals surface area contributed by atoms with Gasteiger partial charge in [-0.25, -0.2) is 4.99 Å². The molecule has 0 atom stereocenters. The Morgan fingerprint density at radius 1 is 1.08 bits per heavy atom. The summed E-state index contributed by atoms with van der Waals surface area (Å²) in [6.45, 7) is 6.66. The van der Waals surface area contributed by atoms with E-state index in [1.54, 1.807) is 0 Å². The van der Waals surface area contributed by atoms with Gasteiger partial charge in [-0.05, 0) is 58.8 Å². The first kappa shape index (κ1) is 17.9. The molecular weight excluding hydrogens is 370 g/mol. The topological polar surface area (TPSA) is 12.4 Å². The van der Waals surface area contributed by atoms with E-state index in [1.807, 2.05) is 0 Å². The summed E-state index contributed by atoms with van der Waals surface area (Å²) >= 11 is 3.71. The third-order valence-electron chi connectivity index (χ3n) is 4.65. The van der Waals surface area contributed by atoms with Gasteiger partial charge in [-0.2, -0.15) is 0 Å². The molecule has 1 heterocycles. The lowest BCUT2D eigenvalue weighted by Gasteiger charge is -2.18. The maximum absolute atomic E-state index is 5.15. The number of aliphatic imine (C=N–C) groups is 1. The highest BCUT2D eigenvalue weighted by molar-refractivity contribution is 9.10. The average molecular weight is 394 g/mol. The fraction of sp³-hybridized carbons (Fsp3) is 0.261. The van der Waals surface area contributed by atoms with Gasteiger partial charge in [-0.15, -0.1) is 0 Å². The van der Waals surface area contributed by atoms with Gasteiger partial charge in [0.15, 0.2) is 0 Å². The number of benzene rings is 2. The van der Waals surface area contributed by atoms with E-state index in [1.165, 1.54) is 22.3 Å². The fourth-order valence-corrected chi connectivity index (χ4v) is 3.82. The highest BCUT2D eigenvalue weighted by atomic mass is 79.9. The minimum atomic E-state index is 0.485. The molecule has 1 aliphatic heterocycles. The molecular formula is C23H24BrN. The zero-order valence-electron chi connectivity index (χ0n) is 15.1. The zero-order chi connectivity index (χ0) is 17.8. The minimum Gasteiger partial charge on any atom is -0.247 e. The molecule has 2 aromatic carbocycles. The Hall–Kier alpha value is -1.93. The summed E-state index contributed by atoms with van der Waals surface area (Å²) in [4.78, 5) is 5.15. The first-order valence-electron chi connectivity index (χ1n) is 8.86. The zero-order valence-corrected chi connectivity index (χ0v) is 16.7. The number of rotatable bonds is 4. The molecule has 1 aliphatic rings. The molecule has 0 N–H and O–H groups in total. The van der Waals surface area contributed by atoms with Crippen LogP contribution < -0.4 is 0 Å². The van der Waals surface area contributed by atoms with Crippen molar-refractivity contribution in [3.05, 3.63) is 87.4 Å². The second-order valence-corrected chi connectivity index (χ2v) is 7.54. The van der Waals surface area contributed by atoms with Gasteiger partial charge < -0.3 is 0 Å². The summed E-state index contributed by atoms with van der Waals surface area (Å²) in [6, 6.07) is 16.9. The highest BCUT2D eigenvalue weighted by Crippen LogP contribution is 2.38. The molecule has 0 fully saturated rings. The van der Waals surface area contributed by atoms with Crippen molar-refractivity contribution in [3.8, 4) is 0 Å². The second kappa shape index (κ2) is 7.97. The first-order chi connectivity index (χ1) is 12.1. The van der Waals surface area contributed by atoms with Gasteiger partial charge in [0.1, 0.15) is 0 Å². The minimum absolute atomic E-state index is 0.485. The monoisotopic (exact) mass is 393 g/mol. The predicted molar refractivity (Wildman–Crippen MR) is 112 cm³/mol. The van der Waals surface area contributed by atoms with Crippen LogP contribution in [0, 0.1) is 5.92 Å². The Balaban J connectivity index is 2.29. The van der Waals surface area contributed by atoms with Gasteiger partial charge in [0.2, 0.25) is 0 Å². The van der Waals surface area contributed by atoms with Crippen molar-refractivity contribution in [2.24, 2.45) is 10.9 Å². The third-order valence-corrected chi connectivity index (χ3v) is 5.29. The van der Waals surface area contributed by atoms with E-state index in [2.05, 4.69) is 97.4 Å². The predicted octanol–water partition coefficient (Wildman–Crippen LogP) is 7.04. The van der Waals surface area contributed by atoms with Gasteiger partial charge in [0.05, 0.1) is 11.4 Å². The smallest absolute Gasteiger partial charge is 0.0814 e. The quantitative estimate of drug-likeness (QED) is 0.493. The molecule has 2 aromatic rings. The van der Waals surface area contributed by atoms with Crippen LogP contribution in [0.1, 0.15) is 38.3 Å². The molecule has 128 valence electrons. The molecule has 0 bridgehead atoms. The normalized spacial score (nSPS) is 14.7. The summed E-state index contributed by atoms with van der Waals surface area (Å²) in [5.41, 5.74) is 7.49. The molecule has 0 unspecified atom stereocenters. The third kappa shape index (κ3) is 3.85. The van der Waals surface area contributed by atoms with Crippen molar-refractivity contribution in [2.45, 2.75) is 33.6 Å². The van der Waals surface area contributed by atoms with Crippen molar-refractivity contribution in [3.63, 3.8) is 0 Å². The molecule has 0 aromatic heterocycles. The molecule has 0 spiro atoms. The summed E-state index contributed by atoms with van der Waals surface area (Å²) in [5.74, 6) is 0.485. The molecule has 0 saturated heterocycles. The van der Waals surface area contributed by atoms with Crippen LogP contribution in [0.3, 0.4) is 0 Å². The molecule has 0 amide bonds. The van der Waals surface area contributed by atoms with E-state index in [-0.39, 0.29) is 0 Å². The van der Waals surface area contributed by atoms with E-state index in [0.717, 1.165) is 28.7 Å². The van der Waals surface area contributed by atoms with Crippen LogP contribution in [0.2, 0.25) is 0 Å². The second-order valence-electron chi connectivity index (χ2n) is 6.68.